The third-order valence-corrected chi connectivity index (χ3v) is 2.12. The fourth-order valence-electron chi connectivity index (χ4n) is 1.36. The summed E-state index contributed by atoms with van der Waals surface area (Å²) in [6, 6.07) is 16.1. The second kappa shape index (κ2) is 7.36. The molecule has 2 rings (SSSR count). The largest absolute Gasteiger partial charge is 0.565 e. The van der Waals surface area contributed by atoms with Crippen molar-refractivity contribution in [1.29, 1.82) is 0 Å². The molecule has 0 aliphatic rings. The van der Waals surface area contributed by atoms with E-state index >= 15 is 0 Å². The van der Waals surface area contributed by atoms with E-state index in [1.54, 1.807) is 36.4 Å². The molecule has 0 amide bonds. The van der Waals surface area contributed by atoms with Crippen molar-refractivity contribution in [3.63, 3.8) is 0 Å². The minimum atomic E-state index is -0.179. The van der Waals surface area contributed by atoms with Gasteiger partial charge < -0.3 is 12.5 Å². The van der Waals surface area contributed by atoms with Gasteiger partial charge in [0.2, 0.25) is 0 Å². The van der Waals surface area contributed by atoms with Gasteiger partial charge in [-0.1, -0.05) is 30.3 Å². The molecule has 1 radical (unpaired) electrons. The van der Waals surface area contributed by atoms with Crippen molar-refractivity contribution < 1.29 is 42.6 Å². The second-order valence-electron chi connectivity index (χ2n) is 3.14. The number of hydrogen-bond donors (Lipinski definition) is 1. The molecule has 3 heteroatoms. The molecule has 0 aromatic heterocycles. The number of hydrogen-bond acceptors (Lipinski definition) is 2. The molecule has 0 bridgehead atoms. The van der Waals surface area contributed by atoms with E-state index in [4.69, 9.17) is 0 Å². The molecule has 0 saturated heterocycles. The second-order valence-corrected chi connectivity index (χ2v) is 3.14. The predicted molar refractivity (Wildman–Crippen MR) is 63.2 cm³/mol. The number of carbonyl (C=O) groups is 1. The van der Waals surface area contributed by atoms with Crippen LogP contribution < -0.4 is 0 Å². The zero-order chi connectivity index (χ0) is 10.7. The number of phenolic OH excluding ortho intramolecular Hbond substituents is 1. The Morgan fingerprint density at radius 1 is 1.12 bits per heavy atom. The number of aromatic hydroxyl groups is 1. The van der Waals surface area contributed by atoms with Gasteiger partial charge in [-0.25, -0.2) is 0 Å². The molecule has 0 unspecified atom stereocenters. The van der Waals surface area contributed by atoms with Crippen molar-refractivity contribution >= 4 is 5.78 Å². The average Bonchev–Trinajstić information content (AvgIpc) is 2.30. The summed E-state index contributed by atoms with van der Waals surface area (Å²) in [6.07, 6.45) is 0. The fraction of sp³-hybridized carbons (Fsp3) is 0. The Labute approximate surface area is 127 Å². The van der Waals surface area contributed by atoms with Crippen LogP contribution in [0.3, 0.4) is 0 Å². The van der Waals surface area contributed by atoms with E-state index in [1.807, 2.05) is 6.07 Å². The van der Waals surface area contributed by atoms with E-state index in [-0.39, 0.29) is 51.7 Å². The first kappa shape index (κ1) is 16.0. The van der Waals surface area contributed by atoms with Gasteiger partial charge >= 0.3 is 0 Å². The molecule has 1 N–H and O–H groups in total. The number of ketones is 1. The monoisotopic (exact) mass is 301 g/mol. The van der Waals surface area contributed by atoms with Crippen LogP contribution in [0.25, 0.3) is 0 Å². The van der Waals surface area contributed by atoms with E-state index in [9.17, 15) is 9.90 Å². The molecular weight excluding hydrogens is 289 g/mol. The van der Waals surface area contributed by atoms with Gasteiger partial charge in [0.1, 0.15) is 0 Å². The Kier molecular flexibility index (Phi) is 6.93. The summed E-state index contributed by atoms with van der Waals surface area (Å²) in [7, 11) is 0. The normalized spacial score (nSPS) is 8.71. The van der Waals surface area contributed by atoms with Gasteiger partial charge in [0.05, 0.1) is 0 Å². The number of carbonyl (C=O) groups excluding carboxylic acids is 1. The molecule has 2 aromatic carbocycles. The van der Waals surface area contributed by atoms with Crippen LogP contribution in [0.5, 0.6) is 5.75 Å². The Morgan fingerprint density at radius 2 is 1.76 bits per heavy atom. The van der Waals surface area contributed by atoms with Gasteiger partial charge in [-0.2, -0.15) is 18.2 Å². The first-order valence-electron chi connectivity index (χ1n) is 4.58. The first-order valence-corrected chi connectivity index (χ1v) is 4.58. The molecule has 0 saturated carbocycles. The Hall–Kier alpha value is -0.986. The molecule has 0 spiro atoms. The van der Waals surface area contributed by atoms with Crippen LogP contribution in [-0.2, 0) is 32.7 Å². The molecule has 0 aliphatic carbocycles. The number of rotatable bonds is 2. The van der Waals surface area contributed by atoms with Crippen LogP contribution in [0, 0.1) is 13.5 Å². The Bertz CT molecular complexity index is 481. The molecule has 0 aliphatic heterocycles. The molecule has 0 heterocycles. The molecule has 0 atom stereocenters. The van der Waals surface area contributed by atoms with E-state index in [1.165, 1.54) is 6.07 Å². The van der Waals surface area contributed by atoms with Gasteiger partial charge in [0, 0.05) is 44.0 Å². The van der Waals surface area contributed by atoms with Crippen LogP contribution in [0.2, 0.25) is 0 Å². The molecule has 85 valence electrons. The van der Waals surface area contributed by atoms with Gasteiger partial charge in [-0.3, -0.25) is 4.79 Å². The van der Waals surface area contributed by atoms with Crippen molar-refractivity contribution in [1.82, 2.24) is 0 Å². The maximum absolute atomic E-state index is 11.9. The van der Waals surface area contributed by atoms with Crippen molar-refractivity contribution in [2.45, 2.75) is 0 Å². The Morgan fingerprint density at radius 3 is 2.35 bits per heavy atom. The summed E-state index contributed by atoms with van der Waals surface area (Å²) in [5, 5.41) is 9.49. The minimum Gasteiger partial charge on any atom is -0.565 e. The summed E-state index contributed by atoms with van der Waals surface area (Å²) in [5.74, 6) is -0.214. The summed E-state index contributed by atoms with van der Waals surface area (Å²) >= 11 is 0. The van der Waals surface area contributed by atoms with Crippen molar-refractivity contribution in [2.75, 3.05) is 0 Å². The Balaban J connectivity index is 0.00000128. The van der Waals surface area contributed by atoms with E-state index in [2.05, 4.69) is 6.07 Å². The standard InChI is InChI=1S/C13H9O2.CH3.Y/c14-12-9-5-4-8-11(12)13(15)10-6-2-1-3-7-10;;/h1-4,6-9,14H;1H3;/q2*-1;. The topological polar surface area (TPSA) is 37.3 Å². The predicted octanol–water partition coefficient (Wildman–Crippen LogP) is 2.87. The number of benzene rings is 2. The summed E-state index contributed by atoms with van der Waals surface area (Å²) < 4.78 is 0. The van der Waals surface area contributed by atoms with Gasteiger partial charge in [-0.05, 0) is 5.56 Å². The quantitative estimate of drug-likeness (QED) is 0.684. The fourth-order valence-corrected chi connectivity index (χ4v) is 1.36. The summed E-state index contributed by atoms with van der Waals surface area (Å²) in [5.41, 5.74) is 0.874. The van der Waals surface area contributed by atoms with Crippen molar-refractivity contribution in [3.05, 3.63) is 73.2 Å². The third-order valence-electron chi connectivity index (χ3n) is 2.12. The van der Waals surface area contributed by atoms with Crippen LogP contribution in [0.1, 0.15) is 15.9 Å². The van der Waals surface area contributed by atoms with Gasteiger partial charge in [-0.15, -0.1) is 6.07 Å². The van der Waals surface area contributed by atoms with E-state index in [0.29, 0.717) is 11.1 Å². The zero-order valence-electron chi connectivity index (χ0n) is 9.55. The van der Waals surface area contributed by atoms with Crippen molar-refractivity contribution in [2.24, 2.45) is 0 Å². The van der Waals surface area contributed by atoms with Crippen molar-refractivity contribution in [3.8, 4) is 5.75 Å². The third kappa shape index (κ3) is 3.76. The maximum Gasteiger partial charge on any atom is 0.172 e. The maximum atomic E-state index is 11.9. The van der Waals surface area contributed by atoms with Crippen LogP contribution in [-0.4, -0.2) is 10.9 Å². The summed E-state index contributed by atoms with van der Waals surface area (Å²) in [4.78, 5) is 11.9. The van der Waals surface area contributed by atoms with Gasteiger partial charge in [0.15, 0.2) is 5.78 Å². The molecular formula is C14H12O2Y-2. The molecule has 17 heavy (non-hydrogen) atoms. The van der Waals surface area contributed by atoms with Gasteiger partial charge in [0.25, 0.3) is 0 Å². The molecule has 2 nitrogen and oxygen atoms in total. The average molecular weight is 301 g/mol. The van der Waals surface area contributed by atoms with Crippen LogP contribution in [0.15, 0.2) is 48.5 Å². The van der Waals surface area contributed by atoms with Crippen LogP contribution in [0.4, 0.5) is 0 Å². The summed E-state index contributed by atoms with van der Waals surface area (Å²) in [6.45, 7) is 0. The smallest absolute Gasteiger partial charge is 0.172 e. The number of phenols is 1. The minimum absolute atomic E-state index is 0. The van der Waals surface area contributed by atoms with E-state index < -0.39 is 0 Å². The molecule has 0 fully saturated rings. The van der Waals surface area contributed by atoms with Crippen LogP contribution >= 0.6 is 0 Å². The van der Waals surface area contributed by atoms with E-state index in [0.717, 1.165) is 0 Å². The first-order chi connectivity index (χ1) is 7.29. The zero-order valence-corrected chi connectivity index (χ0v) is 12.4. The SMILES string of the molecule is O=C(c1ccccc1)c1cc[c-]cc1O.[CH3-].[Y]. The molecule has 2 aromatic rings.